The summed E-state index contributed by atoms with van der Waals surface area (Å²) in [4.78, 5) is 16.8. The standard InChI is InChI=1S/C19H26N4O2S/c1-2-3-15-25-17-8-5-4-7-16(17)18(24)21-19(26)23-13-11-22(12-14-23)10-6-9-20/h4-5,7-8H,2-3,6,10-15H2,1H3,(H,21,24,26). The normalized spacial score (nSPS) is 14.5. The van der Waals surface area contributed by atoms with Crippen LogP contribution in [-0.4, -0.2) is 60.2 Å². The topological polar surface area (TPSA) is 68.6 Å². The summed E-state index contributed by atoms with van der Waals surface area (Å²) in [7, 11) is 0. The number of hydrogen-bond donors (Lipinski definition) is 1. The molecule has 2 rings (SSSR count). The van der Waals surface area contributed by atoms with Gasteiger partial charge in [-0.3, -0.25) is 15.0 Å². The summed E-state index contributed by atoms with van der Waals surface area (Å²) in [5.74, 6) is 0.344. The summed E-state index contributed by atoms with van der Waals surface area (Å²) in [6.45, 7) is 6.66. The zero-order chi connectivity index (χ0) is 18.8. The minimum atomic E-state index is -0.242. The van der Waals surface area contributed by atoms with Crippen molar-refractivity contribution in [2.24, 2.45) is 0 Å². The molecule has 140 valence electrons. The van der Waals surface area contributed by atoms with Gasteiger partial charge < -0.3 is 9.64 Å². The van der Waals surface area contributed by atoms with Crippen LogP contribution in [-0.2, 0) is 0 Å². The van der Waals surface area contributed by atoms with E-state index in [-0.39, 0.29) is 5.91 Å². The number of benzene rings is 1. The van der Waals surface area contributed by atoms with E-state index in [1.165, 1.54) is 0 Å². The van der Waals surface area contributed by atoms with Crippen molar-refractivity contribution >= 4 is 23.2 Å². The monoisotopic (exact) mass is 374 g/mol. The largest absolute Gasteiger partial charge is 0.493 e. The summed E-state index contributed by atoms with van der Waals surface area (Å²) in [5, 5.41) is 11.9. The molecule has 1 aromatic rings. The van der Waals surface area contributed by atoms with E-state index in [4.69, 9.17) is 22.2 Å². The highest BCUT2D eigenvalue weighted by atomic mass is 32.1. The van der Waals surface area contributed by atoms with E-state index >= 15 is 0 Å². The first-order valence-electron chi connectivity index (χ1n) is 9.07. The fourth-order valence-electron chi connectivity index (χ4n) is 2.73. The number of nitriles is 1. The van der Waals surface area contributed by atoms with Crippen LogP contribution < -0.4 is 10.1 Å². The van der Waals surface area contributed by atoms with Crippen LogP contribution in [0.4, 0.5) is 0 Å². The number of carbonyl (C=O) groups excluding carboxylic acids is 1. The van der Waals surface area contributed by atoms with Crippen LogP contribution in [0, 0.1) is 11.3 Å². The van der Waals surface area contributed by atoms with Gasteiger partial charge in [0, 0.05) is 39.1 Å². The first-order chi connectivity index (χ1) is 12.7. The lowest BCUT2D eigenvalue weighted by Gasteiger charge is -2.35. The lowest BCUT2D eigenvalue weighted by Crippen LogP contribution is -2.52. The Morgan fingerprint density at radius 1 is 1.31 bits per heavy atom. The van der Waals surface area contributed by atoms with E-state index in [1.807, 2.05) is 23.1 Å². The van der Waals surface area contributed by atoms with Gasteiger partial charge >= 0.3 is 0 Å². The van der Waals surface area contributed by atoms with Crippen LogP contribution in [0.5, 0.6) is 5.75 Å². The number of unbranched alkanes of at least 4 members (excludes halogenated alkanes) is 1. The van der Waals surface area contributed by atoms with E-state index in [1.54, 1.807) is 6.07 Å². The number of carbonyl (C=O) groups is 1. The molecule has 0 aromatic heterocycles. The van der Waals surface area contributed by atoms with Crippen molar-refractivity contribution in [1.82, 2.24) is 15.1 Å². The molecular weight excluding hydrogens is 348 g/mol. The fourth-order valence-corrected chi connectivity index (χ4v) is 3.01. The van der Waals surface area contributed by atoms with E-state index in [0.29, 0.717) is 29.5 Å². The Hall–Kier alpha value is -2.17. The van der Waals surface area contributed by atoms with Crippen LogP contribution in [0.2, 0.25) is 0 Å². The highest BCUT2D eigenvalue weighted by Crippen LogP contribution is 2.18. The predicted octanol–water partition coefficient (Wildman–Crippen LogP) is 2.41. The minimum Gasteiger partial charge on any atom is -0.493 e. The second-order valence-corrected chi connectivity index (χ2v) is 6.58. The molecule has 0 spiro atoms. The summed E-state index contributed by atoms with van der Waals surface area (Å²) in [5.41, 5.74) is 0.499. The molecule has 1 aliphatic rings. The first kappa shape index (κ1) is 20.1. The molecule has 1 aromatic carbocycles. The Bertz CT molecular complexity index is 651. The Morgan fingerprint density at radius 2 is 2.04 bits per heavy atom. The Balaban J connectivity index is 1.88. The molecule has 1 amide bonds. The molecule has 26 heavy (non-hydrogen) atoms. The van der Waals surface area contributed by atoms with Crippen molar-refractivity contribution in [1.29, 1.82) is 5.26 Å². The van der Waals surface area contributed by atoms with Gasteiger partial charge in [-0.25, -0.2) is 0 Å². The summed E-state index contributed by atoms with van der Waals surface area (Å²) in [6.07, 6.45) is 2.53. The zero-order valence-corrected chi connectivity index (χ0v) is 16.1. The van der Waals surface area contributed by atoms with Crippen molar-refractivity contribution in [3.8, 4) is 11.8 Å². The van der Waals surface area contributed by atoms with Gasteiger partial charge in [0.15, 0.2) is 5.11 Å². The summed E-state index contributed by atoms with van der Waals surface area (Å²) < 4.78 is 5.73. The maximum Gasteiger partial charge on any atom is 0.261 e. The minimum absolute atomic E-state index is 0.242. The average Bonchev–Trinajstić information content (AvgIpc) is 2.67. The second-order valence-electron chi connectivity index (χ2n) is 6.19. The predicted molar refractivity (Wildman–Crippen MR) is 105 cm³/mol. The molecule has 1 fully saturated rings. The zero-order valence-electron chi connectivity index (χ0n) is 15.2. The molecule has 6 nitrogen and oxygen atoms in total. The molecule has 0 aliphatic carbocycles. The molecule has 0 bridgehead atoms. The summed E-state index contributed by atoms with van der Waals surface area (Å²) >= 11 is 5.41. The number of nitrogens with zero attached hydrogens (tertiary/aromatic N) is 3. The van der Waals surface area contributed by atoms with Crippen molar-refractivity contribution in [2.75, 3.05) is 39.3 Å². The van der Waals surface area contributed by atoms with Gasteiger partial charge in [-0.2, -0.15) is 5.26 Å². The highest BCUT2D eigenvalue weighted by Gasteiger charge is 2.21. The van der Waals surface area contributed by atoms with Crippen LogP contribution in [0.1, 0.15) is 36.5 Å². The SMILES string of the molecule is CCCCOc1ccccc1C(=O)NC(=S)N1CCN(CCC#N)CC1. The van der Waals surface area contributed by atoms with Gasteiger partial charge in [-0.1, -0.05) is 25.5 Å². The highest BCUT2D eigenvalue weighted by molar-refractivity contribution is 7.80. The first-order valence-corrected chi connectivity index (χ1v) is 9.48. The molecule has 1 heterocycles. The van der Waals surface area contributed by atoms with Gasteiger partial charge in [-0.15, -0.1) is 0 Å². The number of amides is 1. The fraction of sp³-hybridized carbons (Fsp3) is 0.526. The van der Waals surface area contributed by atoms with E-state index < -0.39 is 0 Å². The van der Waals surface area contributed by atoms with Crippen LogP contribution in [0.15, 0.2) is 24.3 Å². The summed E-state index contributed by atoms with van der Waals surface area (Å²) in [6, 6.07) is 9.40. The third-order valence-corrected chi connectivity index (χ3v) is 4.67. The van der Waals surface area contributed by atoms with Crippen LogP contribution in [0.3, 0.4) is 0 Å². The lowest BCUT2D eigenvalue weighted by atomic mass is 10.2. The molecule has 1 saturated heterocycles. The molecule has 0 radical (unpaired) electrons. The molecular formula is C19H26N4O2S. The molecule has 0 saturated carbocycles. The molecule has 7 heteroatoms. The maximum atomic E-state index is 12.6. The third kappa shape index (κ3) is 5.97. The maximum absolute atomic E-state index is 12.6. The van der Waals surface area contributed by atoms with E-state index in [0.717, 1.165) is 45.6 Å². The number of para-hydroxylation sites is 1. The molecule has 1 aliphatic heterocycles. The quantitative estimate of drug-likeness (QED) is 0.584. The number of piperazine rings is 1. The van der Waals surface area contributed by atoms with Crippen molar-refractivity contribution in [2.45, 2.75) is 26.2 Å². The Labute approximate surface area is 160 Å². The van der Waals surface area contributed by atoms with E-state index in [9.17, 15) is 4.79 Å². The second kappa shape index (κ2) is 10.7. The van der Waals surface area contributed by atoms with Crippen LogP contribution >= 0.6 is 12.2 Å². The number of nitrogens with one attached hydrogen (secondary N) is 1. The van der Waals surface area contributed by atoms with Gasteiger partial charge in [0.1, 0.15) is 5.75 Å². The van der Waals surface area contributed by atoms with Gasteiger partial charge in [-0.05, 0) is 30.8 Å². The van der Waals surface area contributed by atoms with Crippen molar-refractivity contribution < 1.29 is 9.53 Å². The van der Waals surface area contributed by atoms with Crippen LogP contribution in [0.25, 0.3) is 0 Å². The Morgan fingerprint density at radius 3 is 2.73 bits per heavy atom. The lowest BCUT2D eigenvalue weighted by molar-refractivity contribution is 0.0965. The number of thiocarbonyl (C=S) groups is 1. The van der Waals surface area contributed by atoms with Gasteiger partial charge in [0.25, 0.3) is 5.91 Å². The average molecular weight is 375 g/mol. The van der Waals surface area contributed by atoms with Gasteiger partial charge in [0.2, 0.25) is 0 Å². The van der Waals surface area contributed by atoms with Gasteiger partial charge in [0.05, 0.1) is 18.2 Å². The molecule has 1 N–H and O–H groups in total. The Kier molecular flexibility index (Phi) is 8.32. The third-order valence-electron chi connectivity index (χ3n) is 4.31. The molecule has 0 unspecified atom stereocenters. The number of hydrogen-bond acceptors (Lipinski definition) is 5. The smallest absolute Gasteiger partial charge is 0.261 e. The van der Waals surface area contributed by atoms with Crippen molar-refractivity contribution in [3.05, 3.63) is 29.8 Å². The molecule has 0 atom stereocenters. The van der Waals surface area contributed by atoms with E-state index in [2.05, 4.69) is 23.2 Å². The number of rotatable bonds is 7. The van der Waals surface area contributed by atoms with Crippen molar-refractivity contribution in [3.63, 3.8) is 0 Å². The number of ether oxygens (including phenoxy) is 1.